The molecule has 0 bridgehead atoms. The Labute approximate surface area is 204 Å². The lowest BCUT2D eigenvalue weighted by molar-refractivity contribution is -0.140. The van der Waals surface area contributed by atoms with Crippen LogP contribution in [0.25, 0.3) is 0 Å². The van der Waals surface area contributed by atoms with E-state index in [1.54, 1.807) is 12.1 Å². The van der Waals surface area contributed by atoms with Gasteiger partial charge >= 0.3 is 0 Å². The van der Waals surface area contributed by atoms with Crippen molar-refractivity contribution in [3.05, 3.63) is 65.2 Å². The molecule has 0 spiro atoms. The summed E-state index contributed by atoms with van der Waals surface area (Å²) in [5.41, 5.74) is 3.45. The van der Waals surface area contributed by atoms with Gasteiger partial charge in [0.1, 0.15) is 12.6 Å². The number of hydrogen-bond acceptors (Lipinski definition) is 4. The van der Waals surface area contributed by atoms with Gasteiger partial charge in [-0.2, -0.15) is 0 Å². The number of carbonyl (C=O) groups excluding carboxylic acids is 2. The summed E-state index contributed by atoms with van der Waals surface area (Å²) in [4.78, 5) is 28.0. The van der Waals surface area contributed by atoms with Gasteiger partial charge in [-0.1, -0.05) is 55.8 Å². The van der Waals surface area contributed by atoms with Crippen molar-refractivity contribution in [2.45, 2.75) is 66.1 Å². The van der Waals surface area contributed by atoms with Crippen LogP contribution in [0.3, 0.4) is 0 Å². The summed E-state index contributed by atoms with van der Waals surface area (Å²) in [5.74, 6) is -0.688. The van der Waals surface area contributed by atoms with Gasteiger partial charge in [-0.3, -0.25) is 13.9 Å². The van der Waals surface area contributed by atoms with Crippen molar-refractivity contribution in [3.8, 4) is 0 Å². The van der Waals surface area contributed by atoms with E-state index >= 15 is 0 Å². The third-order valence-electron chi connectivity index (χ3n) is 5.60. The molecule has 1 N–H and O–H groups in total. The lowest BCUT2D eigenvalue weighted by Gasteiger charge is -2.33. The maximum absolute atomic E-state index is 13.6. The Morgan fingerprint density at radius 1 is 0.941 bits per heavy atom. The lowest BCUT2D eigenvalue weighted by Crippen LogP contribution is -2.53. The van der Waals surface area contributed by atoms with E-state index in [1.165, 1.54) is 4.90 Å². The average molecular weight is 488 g/mol. The standard InChI is InChI=1S/C26H37N3O4S/c1-7-21-13-15-23(16-14-21)29(34(6,32)33)18-25(30)28(17-22-11-9-20(5)10-12-22)24(8-2)26(31)27-19(3)4/h9-16,19,24H,7-8,17-18H2,1-6H3,(H,27,31)/t24-/m0/s1. The molecule has 7 nitrogen and oxygen atoms in total. The Morgan fingerprint density at radius 2 is 1.50 bits per heavy atom. The summed E-state index contributed by atoms with van der Waals surface area (Å²) in [6.07, 6.45) is 2.31. The largest absolute Gasteiger partial charge is 0.352 e. The van der Waals surface area contributed by atoms with Crippen molar-refractivity contribution in [2.75, 3.05) is 17.1 Å². The summed E-state index contributed by atoms with van der Waals surface area (Å²) < 4.78 is 26.4. The molecular formula is C26H37N3O4S. The second-order valence-electron chi connectivity index (χ2n) is 8.88. The van der Waals surface area contributed by atoms with E-state index in [-0.39, 0.29) is 25.0 Å². The molecule has 2 aromatic carbocycles. The topological polar surface area (TPSA) is 86.8 Å². The van der Waals surface area contributed by atoms with Crippen LogP contribution in [0.4, 0.5) is 5.69 Å². The van der Waals surface area contributed by atoms with Crippen LogP contribution in [0.5, 0.6) is 0 Å². The van der Waals surface area contributed by atoms with E-state index < -0.39 is 22.0 Å². The zero-order valence-corrected chi connectivity index (χ0v) is 21.9. The van der Waals surface area contributed by atoms with Crippen molar-refractivity contribution in [2.24, 2.45) is 0 Å². The second kappa shape index (κ2) is 12.0. The molecule has 0 aliphatic carbocycles. The third kappa shape index (κ3) is 7.58. The zero-order valence-electron chi connectivity index (χ0n) is 21.0. The minimum absolute atomic E-state index is 0.0810. The summed E-state index contributed by atoms with van der Waals surface area (Å²) in [6.45, 7) is 9.38. The molecule has 186 valence electrons. The highest BCUT2D eigenvalue weighted by molar-refractivity contribution is 7.92. The Hall–Kier alpha value is -2.87. The van der Waals surface area contributed by atoms with Crippen LogP contribution in [-0.4, -0.2) is 50.0 Å². The Kier molecular flexibility index (Phi) is 9.67. The van der Waals surface area contributed by atoms with Crippen LogP contribution in [0.15, 0.2) is 48.5 Å². The Morgan fingerprint density at radius 3 is 1.97 bits per heavy atom. The lowest BCUT2D eigenvalue weighted by atomic mass is 10.1. The molecule has 0 saturated carbocycles. The van der Waals surface area contributed by atoms with Gasteiger partial charge in [0.05, 0.1) is 11.9 Å². The van der Waals surface area contributed by atoms with Gasteiger partial charge in [0.25, 0.3) is 0 Å². The summed E-state index contributed by atoms with van der Waals surface area (Å²) in [6, 6.07) is 14.1. The first-order valence-electron chi connectivity index (χ1n) is 11.7. The molecule has 34 heavy (non-hydrogen) atoms. The highest BCUT2D eigenvalue weighted by atomic mass is 32.2. The molecule has 0 saturated heterocycles. The fourth-order valence-electron chi connectivity index (χ4n) is 3.70. The molecule has 0 aliphatic heterocycles. The molecule has 2 amide bonds. The number of rotatable bonds is 11. The number of amides is 2. The van der Waals surface area contributed by atoms with Gasteiger partial charge in [-0.05, 0) is 56.9 Å². The normalized spacial score (nSPS) is 12.3. The molecule has 0 aliphatic rings. The number of hydrogen-bond donors (Lipinski definition) is 1. The van der Waals surface area contributed by atoms with Crippen molar-refractivity contribution < 1.29 is 18.0 Å². The molecule has 0 aromatic heterocycles. The third-order valence-corrected chi connectivity index (χ3v) is 6.74. The zero-order chi connectivity index (χ0) is 25.5. The van der Waals surface area contributed by atoms with Crippen LogP contribution in [0.1, 0.15) is 50.8 Å². The van der Waals surface area contributed by atoms with E-state index in [4.69, 9.17) is 0 Å². The number of benzene rings is 2. The van der Waals surface area contributed by atoms with Gasteiger partial charge < -0.3 is 10.2 Å². The van der Waals surface area contributed by atoms with Crippen LogP contribution >= 0.6 is 0 Å². The Balaban J connectivity index is 2.42. The molecular weight excluding hydrogens is 450 g/mol. The second-order valence-corrected chi connectivity index (χ2v) is 10.8. The first kappa shape index (κ1) is 27.4. The molecule has 0 unspecified atom stereocenters. The highest BCUT2D eigenvalue weighted by Gasteiger charge is 2.31. The van der Waals surface area contributed by atoms with E-state index in [0.717, 1.165) is 33.7 Å². The predicted molar refractivity (Wildman–Crippen MR) is 137 cm³/mol. The van der Waals surface area contributed by atoms with Crippen molar-refractivity contribution in [1.82, 2.24) is 10.2 Å². The number of carbonyl (C=O) groups is 2. The highest BCUT2D eigenvalue weighted by Crippen LogP contribution is 2.21. The van der Waals surface area contributed by atoms with Crippen LogP contribution < -0.4 is 9.62 Å². The maximum Gasteiger partial charge on any atom is 0.244 e. The quantitative estimate of drug-likeness (QED) is 0.524. The Bertz CT molecular complexity index is 1060. The van der Waals surface area contributed by atoms with Gasteiger partial charge in [-0.25, -0.2) is 8.42 Å². The van der Waals surface area contributed by atoms with Crippen LogP contribution in [0, 0.1) is 6.92 Å². The minimum atomic E-state index is -3.73. The summed E-state index contributed by atoms with van der Waals surface area (Å²) >= 11 is 0. The molecule has 8 heteroatoms. The maximum atomic E-state index is 13.6. The van der Waals surface area contributed by atoms with Crippen LogP contribution in [-0.2, 0) is 32.6 Å². The molecule has 0 heterocycles. The van der Waals surface area contributed by atoms with E-state index in [9.17, 15) is 18.0 Å². The molecule has 0 radical (unpaired) electrons. The summed E-state index contributed by atoms with van der Waals surface area (Å²) in [5, 5.41) is 2.89. The van der Waals surface area contributed by atoms with Crippen LogP contribution in [0.2, 0.25) is 0 Å². The monoisotopic (exact) mass is 487 g/mol. The van der Waals surface area contributed by atoms with Crippen molar-refractivity contribution >= 4 is 27.5 Å². The number of nitrogens with zero attached hydrogens (tertiary/aromatic N) is 2. The van der Waals surface area contributed by atoms with Crippen molar-refractivity contribution in [1.29, 1.82) is 0 Å². The minimum Gasteiger partial charge on any atom is -0.352 e. The fraction of sp³-hybridized carbons (Fsp3) is 0.462. The number of sulfonamides is 1. The van der Waals surface area contributed by atoms with E-state index in [1.807, 2.05) is 71.0 Å². The van der Waals surface area contributed by atoms with E-state index in [2.05, 4.69) is 5.32 Å². The van der Waals surface area contributed by atoms with Crippen molar-refractivity contribution in [3.63, 3.8) is 0 Å². The average Bonchev–Trinajstić information content (AvgIpc) is 2.77. The van der Waals surface area contributed by atoms with E-state index in [0.29, 0.717) is 12.1 Å². The van der Waals surface area contributed by atoms with Gasteiger partial charge in [0.15, 0.2) is 0 Å². The van der Waals surface area contributed by atoms with Gasteiger partial charge in [-0.15, -0.1) is 0 Å². The summed E-state index contributed by atoms with van der Waals surface area (Å²) in [7, 11) is -3.73. The predicted octanol–water partition coefficient (Wildman–Crippen LogP) is 3.66. The number of nitrogens with one attached hydrogen (secondary N) is 1. The molecule has 2 rings (SSSR count). The van der Waals surface area contributed by atoms with Gasteiger partial charge in [0.2, 0.25) is 21.8 Å². The first-order chi connectivity index (χ1) is 16.0. The number of anilines is 1. The fourth-order valence-corrected chi connectivity index (χ4v) is 4.55. The first-order valence-corrected chi connectivity index (χ1v) is 13.5. The SMILES string of the molecule is CCc1ccc(N(CC(=O)N(Cc2ccc(C)cc2)[C@@H](CC)C(=O)NC(C)C)S(C)(=O)=O)cc1. The molecule has 0 fully saturated rings. The van der Waals surface area contributed by atoms with Gasteiger partial charge in [0, 0.05) is 12.6 Å². The molecule has 1 atom stereocenters. The smallest absolute Gasteiger partial charge is 0.244 e. The molecule has 2 aromatic rings. The number of aryl methyl sites for hydroxylation is 2.